The molecule has 0 unspecified atom stereocenters. The Morgan fingerprint density at radius 3 is 2.86 bits per heavy atom. The maximum Gasteiger partial charge on any atom is 0.354 e. The van der Waals surface area contributed by atoms with Crippen molar-refractivity contribution in [3.05, 3.63) is 63.5 Å². The highest BCUT2D eigenvalue weighted by atomic mass is 16.6. The molecule has 2 rings (SSSR count). The number of carboxylic acid groups (broad SMARTS) is 1. The summed E-state index contributed by atoms with van der Waals surface area (Å²) >= 11 is 0. The summed E-state index contributed by atoms with van der Waals surface area (Å²) in [5, 5.41) is 19.8. The molecule has 1 heterocycles. The number of pyridine rings is 1. The third-order valence-electron chi connectivity index (χ3n) is 2.86. The first-order valence-corrected chi connectivity index (χ1v) is 6.04. The molecule has 1 N–H and O–H groups in total. The van der Waals surface area contributed by atoms with Crippen LogP contribution in [0.2, 0.25) is 0 Å². The van der Waals surface area contributed by atoms with Gasteiger partial charge in [0.1, 0.15) is 12.4 Å². The van der Waals surface area contributed by atoms with Gasteiger partial charge in [0.05, 0.1) is 11.0 Å². The van der Waals surface area contributed by atoms with Crippen LogP contribution in [0.5, 0.6) is 5.75 Å². The van der Waals surface area contributed by atoms with Crippen molar-refractivity contribution in [1.82, 2.24) is 4.98 Å². The Morgan fingerprint density at radius 2 is 2.19 bits per heavy atom. The second-order valence-electron chi connectivity index (χ2n) is 4.31. The van der Waals surface area contributed by atoms with Crippen molar-refractivity contribution in [1.29, 1.82) is 0 Å². The van der Waals surface area contributed by atoms with Crippen molar-refractivity contribution < 1.29 is 19.6 Å². The predicted octanol–water partition coefficient (Wildman–Crippen LogP) is 2.58. The number of non-ortho nitro benzene ring substituents is 1. The Labute approximate surface area is 120 Å². The van der Waals surface area contributed by atoms with Gasteiger partial charge in [0.15, 0.2) is 5.69 Å². The monoisotopic (exact) mass is 288 g/mol. The quantitative estimate of drug-likeness (QED) is 0.670. The van der Waals surface area contributed by atoms with Crippen LogP contribution in [-0.2, 0) is 6.61 Å². The van der Waals surface area contributed by atoms with E-state index >= 15 is 0 Å². The van der Waals surface area contributed by atoms with Crippen molar-refractivity contribution in [2.75, 3.05) is 0 Å². The standard InChI is InChI=1S/C14H12N2O5/c1-9-4-5-11(16(19)20)7-12(9)21-8-10-3-2-6-15-13(10)14(17)18/h2-7H,8H2,1H3,(H,17,18). The average Bonchev–Trinajstić information content (AvgIpc) is 2.46. The van der Waals surface area contributed by atoms with E-state index in [0.717, 1.165) is 5.56 Å². The van der Waals surface area contributed by atoms with Gasteiger partial charge in [-0.25, -0.2) is 9.78 Å². The minimum absolute atomic E-state index is 0.0303. The van der Waals surface area contributed by atoms with E-state index in [2.05, 4.69) is 4.98 Å². The Kier molecular flexibility index (Phi) is 4.13. The number of aromatic nitrogens is 1. The molecular formula is C14H12N2O5. The van der Waals surface area contributed by atoms with E-state index in [0.29, 0.717) is 11.3 Å². The maximum atomic E-state index is 11.0. The number of carboxylic acids is 1. The molecule has 0 saturated carbocycles. The van der Waals surface area contributed by atoms with Gasteiger partial charge in [0.25, 0.3) is 5.69 Å². The van der Waals surface area contributed by atoms with Gasteiger partial charge in [-0.2, -0.15) is 0 Å². The zero-order valence-corrected chi connectivity index (χ0v) is 11.1. The minimum Gasteiger partial charge on any atom is -0.488 e. The Hall–Kier alpha value is -2.96. The smallest absolute Gasteiger partial charge is 0.354 e. The van der Waals surface area contributed by atoms with Gasteiger partial charge in [-0.15, -0.1) is 0 Å². The lowest BCUT2D eigenvalue weighted by Gasteiger charge is -2.10. The zero-order valence-electron chi connectivity index (χ0n) is 11.1. The summed E-state index contributed by atoms with van der Waals surface area (Å²) in [6, 6.07) is 7.46. The van der Waals surface area contributed by atoms with E-state index in [4.69, 9.17) is 9.84 Å². The van der Waals surface area contributed by atoms with E-state index in [1.165, 1.54) is 18.3 Å². The SMILES string of the molecule is Cc1ccc([N+](=O)[O-])cc1OCc1cccnc1C(=O)O. The molecule has 21 heavy (non-hydrogen) atoms. The van der Waals surface area contributed by atoms with Crippen LogP contribution in [-0.4, -0.2) is 21.0 Å². The van der Waals surface area contributed by atoms with Crippen LogP contribution in [0.3, 0.4) is 0 Å². The molecule has 1 aromatic heterocycles. The topological polar surface area (TPSA) is 103 Å². The molecule has 108 valence electrons. The van der Waals surface area contributed by atoms with Crippen molar-refractivity contribution in [3.63, 3.8) is 0 Å². The second-order valence-corrected chi connectivity index (χ2v) is 4.31. The molecule has 0 radical (unpaired) electrons. The molecular weight excluding hydrogens is 276 g/mol. The molecule has 7 nitrogen and oxygen atoms in total. The van der Waals surface area contributed by atoms with Crippen molar-refractivity contribution in [2.24, 2.45) is 0 Å². The van der Waals surface area contributed by atoms with Crippen LogP contribution in [0.25, 0.3) is 0 Å². The van der Waals surface area contributed by atoms with Crippen molar-refractivity contribution in [2.45, 2.75) is 13.5 Å². The van der Waals surface area contributed by atoms with Crippen LogP contribution in [0, 0.1) is 17.0 Å². The second kappa shape index (κ2) is 6.00. The fraction of sp³-hybridized carbons (Fsp3) is 0.143. The third kappa shape index (κ3) is 3.33. The number of ether oxygens (including phenoxy) is 1. The summed E-state index contributed by atoms with van der Waals surface area (Å²) in [7, 11) is 0. The van der Waals surface area contributed by atoms with Crippen molar-refractivity contribution in [3.8, 4) is 5.75 Å². The van der Waals surface area contributed by atoms with Gasteiger partial charge in [-0.1, -0.05) is 6.07 Å². The lowest BCUT2D eigenvalue weighted by molar-refractivity contribution is -0.385. The number of aryl methyl sites for hydroxylation is 1. The number of nitro groups is 1. The molecule has 0 bridgehead atoms. The lowest BCUT2D eigenvalue weighted by atomic mass is 10.2. The summed E-state index contributed by atoms with van der Waals surface area (Å²) < 4.78 is 5.50. The van der Waals surface area contributed by atoms with Gasteiger partial charge >= 0.3 is 5.97 Å². The van der Waals surface area contributed by atoms with Gasteiger partial charge in [-0.05, 0) is 24.6 Å². The summed E-state index contributed by atoms with van der Waals surface area (Å²) in [4.78, 5) is 25.0. The van der Waals surface area contributed by atoms with Gasteiger partial charge in [-0.3, -0.25) is 10.1 Å². The normalized spacial score (nSPS) is 10.1. The maximum absolute atomic E-state index is 11.0. The lowest BCUT2D eigenvalue weighted by Crippen LogP contribution is -2.08. The first-order valence-electron chi connectivity index (χ1n) is 6.04. The number of aromatic carboxylic acids is 1. The molecule has 7 heteroatoms. The first kappa shape index (κ1) is 14.4. The van der Waals surface area contributed by atoms with E-state index in [9.17, 15) is 14.9 Å². The van der Waals surface area contributed by atoms with Crippen LogP contribution in [0.1, 0.15) is 21.6 Å². The molecule has 0 aliphatic heterocycles. The zero-order chi connectivity index (χ0) is 15.4. The van der Waals surface area contributed by atoms with Crippen LogP contribution in [0.4, 0.5) is 5.69 Å². The summed E-state index contributed by atoms with van der Waals surface area (Å²) in [5.74, 6) is -0.811. The summed E-state index contributed by atoms with van der Waals surface area (Å²) in [6.07, 6.45) is 1.38. The fourth-order valence-electron chi connectivity index (χ4n) is 1.76. The van der Waals surface area contributed by atoms with Gasteiger partial charge in [0.2, 0.25) is 0 Å². The van der Waals surface area contributed by atoms with E-state index < -0.39 is 10.9 Å². The molecule has 0 fully saturated rings. The van der Waals surface area contributed by atoms with E-state index in [-0.39, 0.29) is 18.0 Å². The molecule has 0 amide bonds. The Morgan fingerprint density at radius 1 is 1.43 bits per heavy atom. The number of carbonyl (C=O) groups is 1. The number of nitrogens with zero attached hydrogens (tertiary/aromatic N) is 2. The van der Waals surface area contributed by atoms with Crippen LogP contribution in [0.15, 0.2) is 36.5 Å². The molecule has 0 aliphatic carbocycles. The molecule has 0 saturated heterocycles. The number of benzene rings is 1. The summed E-state index contributed by atoms with van der Waals surface area (Å²) in [6.45, 7) is 1.72. The van der Waals surface area contributed by atoms with Crippen molar-refractivity contribution >= 4 is 11.7 Å². The van der Waals surface area contributed by atoms with Crippen LogP contribution >= 0.6 is 0 Å². The minimum atomic E-state index is -1.15. The van der Waals surface area contributed by atoms with E-state index in [1.54, 1.807) is 25.1 Å². The highest BCUT2D eigenvalue weighted by Crippen LogP contribution is 2.25. The fourth-order valence-corrected chi connectivity index (χ4v) is 1.76. The predicted molar refractivity (Wildman–Crippen MR) is 73.4 cm³/mol. The average molecular weight is 288 g/mol. The first-order chi connectivity index (χ1) is 9.99. The van der Waals surface area contributed by atoms with Crippen LogP contribution < -0.4 is 4.74 Å². The largest absolute Gasteiger partial charge is 0.488 e. The molecule has 0 aliphatic rings. The molecule has 0 atom stereocenters. The van der Waals surface area contributed by atoms with Gasteiger partial charge in [0, 0.05) is 17.8 Å². The summed E-state index contributed by atoms with van der Waals surface area (Å²) in [5.41, 5.74) is 0.943. The number of hydrogen-bond donors (Lipinski definition) is 1. The Bertz CT molecular complexity index is 700. The number of rotatable bonds is 5. The number of nitro benzene ring substituents is 1. The molecule has 2 aromatic rings. The number of hydrogen-bond acceptors (Lipinski definition) is 5. The molecule has 0 spiro atoms. The Balaban J connectivity index is 2.22. The highest BCUT2D eigenvalue weighted by molar-refractivity contribution is 5.86. The highest BCUT2D eigenvalue weighted by Gasteiger charge is 2.13. The van der Waals surface area contributed by atoms with E-state index in [1.807, 2.05) is 0 Å². The van der Waals surface area contributed by atoms with Gasteiger partial charge < -0.3 is 9.84 Å². The molecule has 1 aromatic carbocycles. The third-order valence-corrected chi connectivity index (χ3v) is 2.86.